The van der Waals surface area contributed by atoms with Crippen molar-refractivity contribution in [1.82, 2.24) is 5.32 Å². The molecular formula is C13H13FN2O3. The van der Waals surface area contributed by atoms with Crippen LogP contribution in [0.1, 0.15) is 30.1 Å². The highest BCUT2D eigenvalue weighted by Gasteiger charge is 2.25. The number of carbonyl (C=O) groups is 2. The van der Waals surface area contributed by atoms with E-state index in [1.165, 1.54) is 12.1 Å². The van der Waals surface area contributed by atoms with Gasteiger partial charge in [-0.15, -0.1) is 0 Å². The summed E-state index contributed by atoms with van der Waals surface area (Å²) in [6.45, 7) is 1.77. The van der Waals surface area contributed by atoms with Gasteiger partial charge in [0.25, 0.3) is 5.91 Å². The van der Waals surface area contributed by atoms with E-state index in [-0.39, 0.29) is 5.56 Å². The zero-order chi connectivity index (χ0) is 13.8. The van der Waals surface area contributed by atoms with Gasteiger partial charge < -0.3 is 0 Å². The second kappa shape index (κ2) is 5.60. The maximum atomic E-state index is 12.7. The number of amides is 2. The molecule has 1 saturated carbocycles. The minimum absolute atomic E-state index is 0.168. The third kappa shape index (κ3) is 3.87. The van der Waals surface area contributed by atoms with Gasteiger partial charge in [-0.1, -0.05) is 5.16 Å². The van der Waals surface area contributed by atoms with Gasteiger partial charge in [0.1, 0.15) is 5.82 Å². The first kappa shape index (κ1) is 13.2. The van der Waals surface area contributed by atoms with E-state index < -0.39 is 17.8 Å². The first-order valence-electron chi connectivity index (χ1n) is 5.88. The smallest absolute Gasteiger partial charge is 0.298 e. The molecule has 1 aromatic carbocycles. The lowest BCUT2D eigenvalue weighted by Crippen LogP contribution is -2.30. The van der Waals surface area contributed by atoms with Crippen molar-refractivity contribution in [3.05, 3.63) is 35.6 Å². The summed E-state index contributed by atoms with van der Waals surface area (Å²) < 4.78 is 12.7. The van der Waals surface area contributed by atoms with Gasteiger partial charge in [-0.25, -0.2) is 9.18 Å². The van der Waals surface area contributed by atoms with E-state index >= 15 is 0 Å². The second-order valence-corrected chi connectivity index (χ2v) is 4.35. The molecule has 19 heavy (non-hydrogen) atoms. The van der Waals surface area contributed by atoms with Crippen LogP contribution in [-0.4, -0.2) is 17.7 Å². The predicted octanol–water partition coefficient (Wildman–Crippen LogP) is 2.48. The van der Waals surface area contributed by atoms with Crippen LogP contribution < -0.4 is 5.32 Å². The molecule has 100 valence electrons. The zero-order valence-corrected chi connectivity index (χ0v) is 10.4. The van der Waals surface area contributed by atoms with Crippen LogP contribution in [-0.2, 0) is 4.84 Å². The number of halogens is 1. The Hall–Kier alpha value is -2.24. The fraction of sp³-hybridized carbons (Fsp3) is 0.308. The summed E-state index contributed by atoms with van der Waals surface area (Å²) in [5.74, 6) is -0.728. The maximum Gasteiger partial charge on any atom is 0.440 e. The molecular weight excluding hydrogens is 251 g/mol. The molecule has 0 saturated heterocycles. The Morgan fingerprint density at radius 2 is 1.95 bits per heavy atom. The molecule has 1 fully saturated rings. The van der Waals surface area contributed by atoms with Crippen molar-refractivity contribution in [3.8, 4) is 0 Å². The molecule has 0 aromatic heterocycles. The molecule has 1 aromatic rings. The normalized spacial score (nSPS) is 14.9. The number of benzene rings is 1. The molecule has 6 heteroatoms. The molecule has 2 rings (SSSR count). The number of imide groups is 1. The summed E-state index contributed by atoms with van der Waals surface area (Å²) in [5.41, 5.74) is 0.908. The first-order chi connectivity index (χ1) is 9.06. The first-order valence-corrected chi connectivity index (χ1v) is 5.88. The molecule has 0 spiro atoms. The number of hydrogen-bond acceptors (Lipinski definition) is 4. The van der Waals surface area contributed by atoms with Gasteiger partial charge in [-0.05, 0) is 44.0 Å². The van der Waals surface area contributed by atoms with Crippen molar-refractivity contribution in [2.24, 2.45) is 11.1 Å². The Morgan fingerprint density at radius 3 is 2.53 bits per heavy atom. The van der Waals surface area contributed by atoms with Crippen LogP contribution in [0, 0.1) is 11.7 Å². The van der Waals surface area contributed by atoms with Crippen LogP contribution in [0.15, 0.2) is 29.4 Å². The molecule has 1 aliphatic carbocycles. The van der Waals surface area contributed by atoms with E-state index in [0.29, 0.717) is 5.92 Å². The number of nitrogens with zero attached hydrogens (tertiary/aromatic N) is 1. The average molecular weight is 264 g/mol. The highest BCUT2D eigenvalue weighted by molar-refractivity contribution is 6.02. The third-order valence-corrected chi connectivity index (χ3v) is 2.76. The van der Waals surface area contributed by atoms with E-state index in [1.807, 2.05) is 5.32 Å². The summed E-state index contributed by atoms with van der Waals surface area (Å²) in [6.07, 6.45) is 1.15. The standard InChI is InChI=1S/C13H13FN2O3/c1-8(9-2-3-9)16-19-13(18)15-12(17)10-4-6-11(14)7-5-10/h4-7,9H,2-3H2,1H3,(H,15,17,18). The third-order valence-electron chi connectivity index (χ3n) is 2.76. The van der Waals surface area contributed by atoms with Gasteiger partial charge in [0.15, 0.2) is 0 Å². The van der Waals surface area contributed by atoms with Crippen LogP contribution in [0.25, 0.3) is 0 Å². The van der Waals surface area contributed by atoms with Crippen molar-refractivity contribution >= 4 is 17.7 Å². The van der Waals surface area contributed by atoms with Gasteiger partial charge >= 0.3 is 6.09 Å². The molecule has 0 unspecified atom stereocenters. The largest absolute Gasteiger partial charge is 0.440 e. The predicted molar refractivity (Wildman–Crippen MR) is 66.2 cm³/mol. The van der Waals surface area contributed by atoms with Crippen LogP contribution in [0.5, 0.6) is 0 Å². The lowest BCUT2D eigenvalue weighted by molar-refractivity contribution is 0.0922. The lowest BCUT2D eigenvalue weighted by atomic mass is 10.2. The monoisotopic (exact) mass is 264 g/mol. The van der Waals surface area contributed by atoms with Gasteiger partial charge in [0, 0.05) is 11.5 Å². The van der Waals surface area contributed by atoms with Crippen molar-refractivity contribution in [2.75, 3.05) is 0 Å². The van der Waals surface area contributed by atoms with Gasteiger partial charge in [0.2, 0.25) is 0 Å². The van der Waals surface area contributed by atoms with E-state index in [2.05, 4.69) is 9.99 Å². The average Bonchev–Trinajstić information content (AvgIpc) is 3.21. The molecule has 0 heterocycles. The number of hydrogen-bond donors (Lipinski definition) is 1. The molecule has 5 nitrogen and oxygen atoms in total. The quantitative estimate of drug-likeness (QED) is 0.518. The maximum absolute atomic E-state index is 12.7. The Balaban J connectivity index is 1.86. The summed E-state index contributed by atoms with van der Waals surface area (Å²) in [4.78, 5) is 27.4. The topological polar surface area (TPSA) is 67.8 Å². The van der Waals surface area contributed by atoms with Crippen molar-refractivity contribution < 1.29 is 18.8 Å². The van der Waals surface area contributed by atoms with Crippen LogP contribution in [0.4, 0.5) is 9.18 Å². The van der Waals surface area contributed by atoms with E-state index in [1.54, 1.807) is 6.92 Å². The Labute approximate surface area is 109 Å². The SMILES string of the molecule is CC(=NOC(=O)NC(=O)c1ccc(F)cc1)C1CC1. The minimum atomic E-state index is -0.950. The summed E-state index contributed by atoms with van der Waals surface area (Å²) >= 11 is 0. The lowest BCUT2D eigenvalue weighted by Gasteiger charge is -2.02. The fourth-order valence-corrected chi connectivity index (χ4v) is 1.48. The Kier molecular flexibility index (Phi) is 3.89. The van der Waals surface area contributed by atoms with Gasteiger partial charge in [-0.3, -0.25) is 14.9 Å². The van der Waals surface area contributed by atoms with E-state index in [4.69, 9.17) is 0 Å². The fourth-order valence-electron chi connectivity index (χ4n) is 1.48. The molecule has 0 radical (unpaired) electrons. The van der Waals surface area contributed by atoms with Crippen molar-refractivity contribution in [2.45, 2.75) is 19.8 Å². The Morgan fingerprint density at radius 1 is 1.32 bits per heavy atom. The summed E-state index contributed by atoms with van der Waals surface area (Å²) in [7, 11) is 0. The molecule has 0 atom stereocenters. The van der Waals surface area contributed by atoms with Crippen molar-refractivity contribution in [3.63, 3.8) is 0 Å². The second-order valence-electron chi connectivity index (χ2n) is 4.35. The molecule has 2 amide bonds. The van der Waals surface area contributed by atoms with E-state index in [9.17, 15) is 14.0 Å². The van der Waals surface area contributed by atoms with E-state index in [0.717, 1.165) is 30.7 Å². The van der Waals surface area contributed by atoms with Crippen LogP contribution in [0.2, 0.25) is 0 Å². The molecule has 1 N–H and O–H groups in total. The number of carbonyl (C=O) groups excluding carboxylic acids is 2. The minimum Gasteiger partial charge on any atom is -0.298 e. The van der Waals surface area contributed by atoms with Crippen LogP contribution >= 0.6 is 0 Å². The zero-order valence-electron chi connectivity index (χ0n) is 10.4. The highest BCUT2D eigenvalue weighted by Crippen LogP contribution is 2.30. The molecule has 0 bridgehead atoms. The Bertz CT molecular complexity index is 521. The number of rotatable bonds is 3. The summed E-state index contributed by atoms with van der Waals surface area (Å²) in [5, 5.41) is 5.64. The molecule has 1 aliphatic rings. The van der Waals surface area contributed by atoms with Crippen LogP contribution in [0.3, 0.4) is 0 Å². The van der Waals surface area contributed by atoms with Gasteiger partial charge in [-0.2, -0.15) is 0 Å². The van der Waals surface area contributed by atoms with Crippen molar-refractivity contribution in [1.29, 1.82) is 0 Å². The number of nitrogens with one attached hydrogen (secondary N) is 1. The van der Waals surface area contributed by atoms with Gasteiger partial charge in [0.05, 0.1) is 5.71 Å². The highest BCUT2D eigenvalue weighted by atomic mass is 19.1. The summed E-state index contributed by atoms with van der Waals surface area (Å²) in [6, 6.07) is 4.82. The number of oxime groups is 1. The molecule has 0 aliphatic heterocycles.